The first kappa shape index (κ1) is 21.4. The second-order valence-corrected chi connectivity index (χ2v) is 8.18. The molecule has 5 aromatic rings. The van der Waals surface area contributed by atoms with Crippen LogP contribution in [0.4, 0.5) is 15.0 Å². The zero-order chi connectivity index (χ0) is 23.8. The molecule has 0 aliphatic rings. The molecule has 0 aliphatic carbocycles. The Hall–Kier alpha value is -4.40. The number of carboxylic acid groups (broad SMARTS) is 1. The lowest BCUT2D eigenvalue weighted by atomic mass is 10.1. The summed E-state index contributed by atoms with van der Waals surface area (Å²) in [4.78, 5) is 25.6. The van der Waals surface area contributed by atoms with Crippen LogP contribution in [0.5, 0.6) is 0 Å². The molecule has 0 atom stereocenters. The van der Waals surface area contributed by atoms with Crippen molar-refractivity contribution in [3.05, 3.63) is 77.9 Å². The maximum Gasteiger partial charge on any atom is 0.407 e. The van der Waals surface area contributed by atoms with Gasteiger partial charge in [0.2, 0.25) is 0 Å². The highest BCUT2D eigenvalue weighted by molar-refractivity contribution is 6.07. The second kappa shape index (κ2) is 8.51. The van der Waals surface area contributed by atoms with E-state index in [1.165, 1.54) is 17.0 Å². The molecule has 5 rings (SSSR count). The predicted octanol–water partition coefficient (Wildman–Crippen LogP) is 4.98. The Morgan fingerprint density at radius 2 is 1.88 bits per heavy atom. The number of carbonyl (C=O) groups is 1. The normalized spacial score (nSPS) is 11.3. The van der Waals surface area contributed by atoms with Crippen molar-refractivity contribution in [2.75, 3.05) is 12.4 Å². The Balaban J connectivity index is 1.48. The number of benzene rings is 2. The van der Waals surface area contributed by atoms with Gasteiger partial charge in [0.05, 0.1) is 11.8 Å². The van der Waals surface area contributed by atoms with Crippen LogP contribution >= 0.6 is 0 Å². The molecule has 0 bridgehead atoms. The summed E-state index contributed by atoms with van der Waals surface area (Å²) >= 11 is 0. The molecule has 3 aromatic heterocycles. The highest BCUT2D eigenvalue weighted by Gasteiger charge is 2.17. The van der Waals surface area contributed by atoms with Crippen molar-refractivity contribution in [2.45, 2.75) is 13.1 Å². The number of hydrogen-bond acceptors (Lipinski definition) is 4. The number of anilines is 1. The van der Waals surface area contributed by atoms with Crippen LogP contribution in [-0.4, -0.2) is 42.7 Å². The van der Waals surface area contributed by atoms with Gasteiger partial charge >= 0.3 is 6.09 Å². The molecule has 8 nitrogen and oxygen atoms in total. The Morgan fingerprint density at radius 1 is 1.15 bits per heavy atom. The standard InChI is InChI=1S/C25H23FN6O2/c1-27-24-21-22(31(2)14-28-21)19-11-20(29-23(19)30-24)17-7-3-5-15(9-17)12-32(25(33)34)13-16-6-4-8-18(26)10-16/h3-11,14H,12-13H2,1-2H3,(H,33,34)(H2,27,29,30). The molecule has 3 heterocycles. The van der Waals surface area contributed by atoms with Gasteiger partial charge in [-0.3, -0.25) is 4.90 Å². The number of nitrogens with one attached hydrogen (secondary N) is 2. The van der Waals surface area contributed by atoms with E-state index in [-0.39, 0.29) is 18.9 Å². The molecule has 0 radical (unpaired) electrons. The zero-order valence-electron chi connectivity index (χ0n) is 18.7. The number of pyridine rings is 1. The first-order chi connectivity index (χ1) is 16.4. The number of nitrogens with zero attached hydrogens (tertiary/aromatic N) is 4. The Bertz CT molecular complexity index is 1520. The first-order valence-corrected chi connectivity index (χ1v) is 10.8. The highest BCUT2D eigenvalue weighted by atomic mass is 19.1. The number of aryl methyl sites for hydroxylation is 1. The van der Waals surface area contributed by atoms with E-state index >= 15 is 0 Å². The third-order valence-corrected chi connectivity index (χ3v) is 5.82. The number of imidazole rings is 1. The molecule has 0 aliphatic heterocycles. The summed E-state index contributed by atoms with van der Waals surface area (Å²) in [5, 5.41) is 13.8. The second-order valence-electron chi connectivity index (χ2n) is 8.18. The number of aromatic amines is 1. The number of H-pyrrole nitrogens is 1. The van der Waals surface area contributed by atoms with Gasteiger partial charge in [-0.15, -0.1) is 0 Å². The summed E-state index contributed by atoms with van der Waals surface area (Å²) in [6, 6.07) is 15.7. The van der Waals surface area contributed by atoms with Crippen molar-refractivity contribution >= 4 is 34.0 Å². The van der Waals surface area contributed by atoms with E-state index in [9.17, 15) is 14.3 Å². The number of rotatable bonds is 6. The topological polar surface area (TPSA) is 99.1 Å². The van der Waals surface area contributed by atoms with Gasteiger partial charge in [0.1, 0.15) is 17.0 Å². The van der Waals surface area contributed by atoms with Gasteiger partial charge in [0.25, 0.3) is 0 Å². The number of fused-ring (bicyclic) bond motifs is 3. The average molecular weight is 458 g/mol. The maximum absolute atomic E-state index is 13.5. The van der Waals surface area contributed by atoms with E-state index in [4.69, 9.17) is 0 Å². The number of halogens is 1. The maximum atomic E-state index is 13.5. The van der Waals surface area contributed by atoms with Crippen LogP contribution < -0.4 is 5.32 Å². The fourth-order valence-corrected chi connectivity index (χ4v) is 4.23. The summed E-state index contributed by atoms with van der Waals surface area (Å²) in [5.74, 6) is 0.306. The number of hydrogen-bond donors (Lipinski definition) is 3. The lowest BCUT2D eigenvalue weighted by Gasteiger charge is -2.20. The first-order valence-electron chi connectivity index (χ1n) is 10.8. The average Bonchev–Trinajstić information content (AvgIpc) is 3.42. The van der Waals surface area contributed by atoms with Gasteiger partial charge in [0.15, 0.2) is 5.82 Å². The molecule has 0 fully saturated rings. The third-order valence-electron chi connectivity index (χ3n) is 5.82. The van der Waals surface area contributed by atoms with Gasteiger partial charge in [-0.25, -0.2) is 19.2 Å². The van der Waals surface area contributed by atoms with E-state index < -0.39 is 6.09 Å². The summed E-state index contributed by atoms with van der Waals surface area (Å²) in [7, 11) is 3.76. The van der Waals surface area contributed by atoms with Gasteiger partial charge < -0.3 is 20.0 Å². The minimum Gasteiger partial charge on any atom is -0.465 e. The van der Waals surface area contributed by atoms with E-state index in [0.717, 1.165) is 38.9 Å². The van der Waals surface area contributed by atoms with E-state index in [0.29, 0.717) is 11.4 Å². The zero-order valence-corrected chi connectivity index (χ0v) is 18.7. The monoisotopic (exact) mass is 458 g/mol. The summed E-state index contributed by atoms with van der Waals surface area (Å²) in [6.07, 6.45) is 0.696. The van der Waals surface area contributed by atoms with Crippen molar-refractivity contribution in [1.82, 2.24) is 24.4 Å². The van der Waals surface area contributed by atoms with Gasteiger partial charge in [-0.2, -0.15) is 0 Å². The van der Waals surface area contributed by atoms with Crippen molar-refractivity contribution in [3.8, 4) is 11.3 Å². The van der Waals surface area contributed by atoms with Crippen LogP contribution in [0.25, 0.3) is 33.3 Å². The molecule has 1 amide bonds. The molecule has 0 saturated heterocycles. The predicted molar refractivity (Wildman–Crippen MR) is 129 cm³/mol. The fourth-order valence-electron chi connectivity index (χ4n) is 4.23. The largest absolute Gasteiger partial charge is 0.465 e. The number of amides is 1. The van der Waals surface area contributed by atoms with Crippen molar-refractivity contribution in [3.63, 3.8) is 0 Å². The molecule has 9 heteroatoms. The molecular weight excluding hydrogens is 435 g/mol. The quantitative estimate of drug-likeness (QED) is 0.333. The van der Waals surface area contributed by atoms with Gasteiger partial charge in [-0.05, 0) is 41.0 Å². The Morgan fingerprint density at radius 3 is 2.59 bits per heavy atom. The third kappa shape index (κ3) is 3.92. The SMILES string of the molecule is CNc1nc2[nH]c(-c3cccc(CN(Cc4cccc(F)c4)C(=O)O)c3)cc2c2c1ncn2C. The van der Waals surface area contributed by atoms with Crippen LogP contribution in [-0.2, 0) is 20.1 Å². The van der Waals surface area contributed by atoms with Gasteiger partial charge in [-0.1, -0.05) is 30.3 Å². The lowest BCUT2D eigenvalue weighted by Crippen LogP contribution is -2.28. The molecular formula is C25H23FN6O2. The number of aromatic nitrogens is 4. The van der Waals surface area contributed by atoms with Gasteiger partial charge in [0, 0.05) is 38.3 Å². The summed E-state index contributed by atoms with van der Waals surface area (Å²) in [5.41, 5.74) is 5.70. The van der Waals surface area contributed by atoms with Crippen LogP contribution in [0.3, 0.4) is 0 Å². The smallest absolute Gasteiger partial charge is 0.407 e. The van der Waals surface area contributed by atoms with Crippen LogP contribution in [0, 0.1) is 5.82 Å². The molecule has 0 unspecified atom stereocenters. The Kier molecular flexibility index (Phi) is 5.37. The van der Waals surface area contributed by atoms with Crippen molar-refractivity contribution < 1.29 is 14.3 Å². The molecule has 3 N–H and O–H groups in total. The molecule has 34 heavy (non-hydrogen) atoms. The highest BCUT2D eigenvalue weighted by Crippen LogP contribution is 2.32. The van der Waals surface area contributed by atoms with Crippen LogP contribution in [0.2, 0.25) is 0 Å². The molecule has 0 spiro atoms. The lowest BCUT2D eigenvalue weighted by molar-refractivity contribution is 0.139. The minimum absolute atomic E-state index is 0.0961. The molecule has 172 valence electrons. The van der Waals surface area contributed by atoms with Crippen LogP contribution in [0.15, 0.2) is 60.9 Å². The fraction of sp³-hybridized carbons (Fsp3) is 0.160. The summed E-state index contributed by atoms with van der Waals surface area (Å²) in [6.45, 7) is 0.271. The minimum atomic E-state index is -1.07. The van der Waals surface area contributed by atoms with E-state index in [1.807, 2.05) is 49.0 Å². The van der Waals surface area contributed by atoms with Crippen molar-refractivity contribution in [1.29, 1.82) is 0 Å². The summed E-state index contributed by atoms with van der Waals surface area (Å²) < 4.78 is 15.5. The van der Waals surface area contributed by atoms with Crippen molar-refractivity contribution in [2.24, 2.45) is 7.05 Å². The molecule has 2 aromatic carbocycles. The van der Waals surface area contributed by atoms with E-state index in [2.05, 4.69) is 20.3 Å². The molecule has 0 saturated carbocycles. The Labute approximate surface area is 194 Å². The van der Waals surface area contributed by atoms with E-state index in [1.54, 1.807) is 18.5 Å². The van der Waals surface area contributed by atoms with Crippen LogP contribution in [0.1, 0.15) is 11.1 Å².